The number of likely N-dealkylation sites (N-methyl/N-ethyl adjacent to an activating group) is 1. The molecule has 0 fully saturated rings. The molecule has 8 nitrogen and oxygen atoms in total. The number of rotatable bonds is 7. The Bertz CT molecular complexity index is 1240. The monoisotopic (exact) mass is 458 g/mol. The molecule has 0 spiro atoms. The molecule has 1 heterocycles. The van der Waals surface area contributed by atoms with Crippen LogP contribution in [0.1, 0.15) is 15.9 Å². The molecule has 3 aromatic carbocycles. The lowest BCUT2D eigenvalue weighted by Gasteiger charge is -2.11. The van der Waals surface area contributed by atoms with E-state index in [1.165, 1.54) is 29.2 Å². The molecular formula is C26H22N2O6. The first-order valence-electron chi connectivity index (χ1n) is 10.4. The van der Waals surface area contributed by atoms with Crippen LogP contribution in [-0.2, 0) is 4.79 Å². The van der Waals surface area contributed by atoms with E-state index in [-0.39, 0.29) is 41.1 Å². The van der Waals surface area contributed by atoms with Crippen LogP contribution < -0.4 is 4.74 Å². The normalized spacial score (nSPS) is 10.6. The molecule has 172 valence electrons. The number of carbonyl (C=O) groups excluding carboxylic acids is 2. The van der Waals surface area contributed by atoms with Gasteiger partial charge in [-0.2, -0.15) is 0 Å². The number of phenolic OH excluding ortho intramolecular Hbond substituents is 2. The molecule has 4 aromatic rings. The summed E-state index contributed by atoms with van der Waals surface area (Å²) in [7, 11) is 3.29. The molecule has 4 rings (SSSR count). The Hall–Kier alpha value is -4.59. The number of nitrogens with zero attached hydrogens (tertiary/aromatic N) is 2. The number of ether oxygens (including phenoxy) is 1. The van der Waals surface area contributed by atoms with E-state index < -0.39 is 0 Å². The van der Waals surface area contributed by atoms with E-state index in [1.807, 2.05) is 0 Å². The summed E-state index contributed by atoms with van der Waals surface area (Å²) >= 11 is 0. The second-order valence-corrected chi connectivity index (χ2v) is 7.76. The number of aromatic nitrogens is 1. The molecule has 2 N–H and O–H groups in total. The maximum Gasteiger partial charge on any atom is 0.259 e. The average Bonchev–Trinajstić information content (AvgIpc) is 3.28. The first-order valence-corrected chi connectivity index (χ1v) is 10.4. The zero-order valence-corrected chi connectivity index (χ0v) is 18.6. The minimum Gasteiger partial charge on any atom is -0.508 e. The van der Waals surface area contributed by atoms with Gasteiger partial charge < -0.3 is 24.4 Å². The molecule has 0 atom stereocenters. The van der Waals surface area contributed by atoms with Crippen molar-refractivity contribution in [2.45, 2.75) is 0 Å². The number of benzene rings is 3. The maximum atomic E-state index is 13.6. The highest BCUT2D eigenvalue weighted by Gasteiger charge is 2.26. The number of hydrogen-bond acceptors (Lipinski definition) is 7. The highest BCUT2D eigenvalue weighted by atomic mass is 16.5. The van der Waals surface area contributed by atoms with E-state index in [9.17, 15) is 19.8 Å². The molecular weight excluding hydrogens is 436 g/mol. The summed E-state index contributed by atoms with van der Waals surface area (Å²) in [5.74, 6) is 0.366. The summed E-state index contributed by atoms with van der Waals surface area (Å²) in [6.45, 7) is -0.109. The average molecular weight is 458 g/mol. The largest absolute Gasteiger partial charge is 0.508 e. The van der Waals surface area contributed by atoms with E-state index in [0.29, 0.717) is 28.1 Å². The van der Waals surface area contributed by atoms with Crippen molar-refractivity contribution in [3.63, 3.8) is 0 Å². The van der Waals surface area contributed by atoms with Gasteiger partial charge in [0.15, 0.2) is 18.2 Å². The van der Waals surface area contributed by atoms with Crippen LogP contribution in [0.2, 0.25) is 0 Å². The van der Waals surface area contributed by atoms with Crippen LogP contribution in [0.3, 0.4) is 0 Å². The Morgan fingerprint density at radius 1 is 0.853 bits per heavy atom. The lowest BCUT2D eigenvalue weighted by molar-refractivity contribution is -0.130. The molecule has 0 saturated heterocycles. The van der Waals surface area contributed by atoms with Gasteiger partial charge in [0.05, 0.1) is 5.56 Å². The molecule has 1 aromatic heterocycles. The van der Waals surface area contributed by atoms with Crippen LogP contribution >= 0.6 is 0 Å². The van der Waals surface area contributed by atoms with Crippen LogP contribution in [-0.4, -0.2) is 52.7 Å². The molecule has 0 radical (unpaired) electrons. The van der Waals surface area contributed by atoms with Crippen molar-refractivity contribution in [2.75, 3.05) is 20.7 Å². The molecule has 0 aliphatic carbocycles. The van der Waals surface area contributed by atoms with E-state index in [0.717, 1.165) is 0 Å². The first-order chi connectivity index (χ1) is 16.3. The van der Waals surface area contributed by atoms with Gasteiger partial charge in [-0.15, -0.1) is 0 Å². The molecule has 1 amide bonds. The van der Waals surface area contributed by atoms with Crippen molar-refractivity contribution >= 4 is 11.7 Å². The zero-order chi connectivity index (χ0) is 24.2. The lowest BCUT2D eigenvalue weighted by atomic mass is 9.95. The van der Waals surface area contributed by atoms with Crippen LogP contribution in [0.25, 0.3) is 22.6 Å². The third-order valence-electron chi connectivity index (χ3n) is 5.17. The van der Waals surface area contributed by atoms with E-state index in [2.05, 4.69) is 5.16 Å². The first kappa shape index (κ1) is 22.6. The molecule has 0 aliphatic rings. The van der Waals surface area contributed by atoms with Gasteiger partial charge in [0.2, 0.25) is 0 Å². The zero-order valence-electron chi connectivity index (χ0n) is 18.6. The third kappa shape index (κ3) is 4.75. The minimum absolute atomic E-state index is 0.0817. The van der Waals surface area contributed by atoms with Gasteiger partial charge in [0.1, 0.15) is 22.9 Å². The second kappa shape index (κ2) is 9.50. The van der Waals surface area contributed by atoms with Crippen LogP contribution in [0, 0.1) is 0 Å². The summed E-state index contributed by atoms with van der Waals surface area (Å²) in [4.78, 5) is 26.8. The van der Waals surface area contributed by atoms with Gasteiger partial charge in [-0.25, -0.2) is 0 Å². The fraction of sp³-hybridized carbons (Fsp3) is 0.115. The second-order valence-electron chi connectivity index (χ2n) is 7.76. The van der Waals surface area contributed by atoms with Gasteiger partial charge in [-0.05, 0) is 72.8 Å². The third-order valence-corrected chi connectivity index (χ3v) is 5.17. The Kier molecular flexibility index (Phi) is 6.31. The molecule has 0 aliphatic heterocycles. The maximum absolute atomic E-state index is 13.6. The number of carbonyl (C=O) groups is 2. The number of hydrogen-bond donors (Lipinski definition) is 2. The summed E-state index contributed by atoms with van der Waals surface area (Å²) in [6.07, 6.45) is 0. The Labute approximate surface area is 195 Å². The van der Waals surface area contributed by atoms with Crippen molar-refractivity contribution in [1.29, 1.82) is 0 Å². The summed E-state index contributed by atoms with van der Waals surface area (Å²) in [6, 6.07) is 19.0. The Morgan fingerprint density at radius 2 is 1.41 bits per heavy atom. The highest BCUT2D eigenvalue weighted by Crippen LogP contribution is 2.35. The van der Waals surface area contributed by atoms with Crippen molar-refractivity contribution in [1.82, 2.24) is 10.1 Å². The Balaban J connectivity index is 1.70. The summed E-state index contributed by atoms with van der Waals surface area (Å²) in [5, 5.41) is 23.4. The predicted octanol–water partition coefficient (Wildman–Crippen LogP) is 4.12. The van der Waals surface area contributed by atoms with Gasteiger partial charge in [-0.3, -0.25) is 9.59 Å². The van der Waals surface area contributed by atoms with E-state index in [4.69, 9.17) is 9.26 Å². The lowest BCUT2D eigenvalue weighted by Crippen LogP contribution is -2.27. The molecule has 0 unspecified atom stereocenters. The molecule has 8 heteroatoms. The fourth-order valence-corrected chi connectivity index (χ4v) is 3.25. The quantitative estimate of drug-likeness (QED) is 0.401. The standard InChI is InChI=1S/C26H22N2O6/c1-28(2)22(31)15-33-21-13-7-17(8-14-21)25(32)23-24(16-3-9-19(29)10-4-16)27-34-26(23)18-5-11-20(30)12-6-18/h3-14,29-30H,15H2,1-2H3. The van der Waals surface area contributed by atoms with Crippen molar-refractivity contribution in [3.8, 4) is 39.8 Å². The smallest absolute Gasteiger partial charge is 0.259 e. The van der Waals surface area contributed by atoms with Gasteiger partial charge in [0, 0.05) is 30.8 Å². The minimum atomic E-state index is -0.330. The highest BCUT2D eigenvalue weighted by molar-refractivity contribution is 6.15. The molecule has 0 saturated carbocycles. The van der Waals surface area contributed by atoms with Gasteiger partial charge in [0.25, 0.3) is 5.91 Å². The van der Waals surface area contributed by atoms with Crippen molar-refractivity contribution in [3.05, 3.63) is 83.9 Å². The predicted molar refractivity (Wildman–Crippen MR) is 125 cm³/mol. The number of phenols is 2. The molecule has 0 bridgehead atoms. The van der Waals surface area contributed by atoms with E-state index in [1.54, 1.807) is 62.6 Å². The van der Waals surface area contributed by atoms with Crippen LogP contribution in [0.4, 0.5) is 0 Å². The Morgan fingerprint density at radius 3 is 1.97 bits per heavy atom. The SMILES string of the molecule is CN(C)C(=O)COc1ccc(C(=O)c2c(-c3ccc(O)cc3)noc2-c2ccc(O)cc2)cc1. The van der Waals surface area contributed by atoms with Crippen LogP contribution in [0.15, 0.2) is 77.3 Å². The summed E-state index contributed by atoms with van der Waals surface area (Å²) < 4.78 is 11.1. The van der Waals surface area contributed by atoms with Gasteiger partial charge >= 0.3 is 0 Å². The van der Waals surface area contributed by atoms with Crippen molar-refractivity contribution < 1.29 is 29.1 Å². The van der Waals surface area contributed by atoms with Gasteiger partial charge in [-0.1, -0.05) is 5.16 Å². The number of aromatic hydroxyl groups is 2. The number of ketones is 1. The fourth-order valence-electron chi connectivity index (χ4n) is 3.25. The topological polar surface area (TPSA) is 113 Å². The van der Waals surface area contributed by atoms with Crippen LogP contribution in [0.5, 0.6) is 17.2 Å². The van der Waals surface area contributed by atoms with Crippen molar-refractivity contribution in [2.24, 2.45) is 0 Å². The molecule has 34 heavy (non-hydrogen) atoms. The van der Waals surface area contributed by atoms with E-state index >= 15 is 0 Å². The summed E-state index contributed by atoms with van der Waals surface area (Å²) in [5.41, 5.74) is 2.10. The number of amides is 1.